The van der Waals surface area contributed by atoms with Gasteiger partial charge in [0.1, 0.15) is 12.4 Å². The summed E-state index contributed by atoms with van der Waals surface area (Å²) < 4.78 is 10.6. The van der Waals surface area contributed by atoms with Crippen LogP contribution in [0.4, 0.5) is 5.69 Å². The molecular formula is C16H18N2O3. The third kappa shape index (κ3) is 3.51. The monoisotopic (exact) mass is 286 g/mol. The van der Waals surface area contributed by atoms with E-state index in [4.69, 9.17) is 15.2 Å². The van der Waals surface area contributed by atoms with E-state index in [1.54, 1.807) is 20.1 Å². The first-order chi connectivity index (χ1) is 10.0. The van der Waals surface area contributed by atoms with Gasteiger partial charge in [-0.25, -0.2) is 4.79 Å². The second kappa shape index (κ2) is 6.26. The lowest BCUT2D eigenvalue weighted by molar-refractivity contribution is 0.0468. The van der Waals surface area contributed by atoms with Gasteiger partial charge in [0.05, 0.1) is 30.3 Å². The molecule has 0 aliphatic carbocycles. The van der Waals surface area contributed by atoms with Crippen LogP contribution in [0.3, 0.4) is 0 Å². The molecule has 5 nitrogen and oxygen atoms in total. The lowest BCUT2D eigenvalue weighted by Crippen LogP contribution is -2.09. The highest BCUT2D eigenvalue weighted by Crippen LogP contribution is 2.21. The van der Waals surface area contributed by atoms with Crippen molar-refractivity contribution in [1.29, 1.82) is 0 Å². The highest BCUT2D eigenvalue weighted by atomic mass is 16.5. The summed E-state index contributed by atoms with van der Waals surface area (Å²) in [6, 6.07) is 7.29. The Labute approximate surface area is 123 Å². The molecule has 1 aromatic carbocycles. The lowest BCUT2D eigenvalue weighted by atomic mass is 10.1. The van der Waals surface area contributed by atoms with Gasteiger partial charge in [0.25, 0.3) is 0 Å². The standard InChI is InChI=1S/C16H18N2O3/c1-10-4-5-15(20-3)12(6-10)9-21-16(19)14-7-13(17)8-18-11(14)2/h4-8H,9,17H2,1-3H3. The number of carbonyl (C=O) groups is 1. The normalized spacial score (nSPS) is 10.2. The van der Waals surface area contributed by atoms with Gasteiger partial charge in [0.15, 0.2) is 0 Å². The Morgan fingerprint density at radius 2 is 2.05 bits per heavy atom. The fourth-order valence-electron chi connectivity index (χ4n) is 2.00. The Hall–Kier alpha value is -2.56. The third-order valence-electron chi connectivity index (χ3n) is 3.12. The molecule has 0 saturated carbocycles. The predicted molar refractivity (Wildman–Crippen MR) is 80.2 cm³/mol. The van der Waals surface area contributed by atoms with Crippen LogP contribution in [0, 0.1) is 13.8 Å². The van der Waals surface area contributed by atoms with Crippen LogP contribution in [0.25, 0.3) is 0 Å². The van der Waals surface area contributed by atoms with Crippen molar-refractivity contribution in [2.24, 2.45) is 0 Å². The molecule has 1 aromatic heterocycles. The van der Waals surface area contributed by atoms with Crippen LogP contribution in [0.2, 0.25) is 0 Å². The van der Waals surface area contributed by atoms with Gasteiger partial charge in [-0.2, -0.15) is 0 Å². The van der Waals surface area contributed by atoms with Gasteiger partial charge in [-0.15, -0.1) is 0 Å². The molecule has 0 unspecified atom stereocenters. The SMILES string of the molecule is COc1ccc(C)cc1COC(=O)c1cc(N)cnc1C. The van der Waals surface area contributed by atoms with Crippen LogP contribution in [0.15, 0.2) is 30.5 Å². The van der Waals surface area contributed by atoms with Crippen molar-refractivity contribution in [3.8, 4) is 5.75 Å². The molecule has 0 bridgehead atoms. The van der Waals surface area contributed by atoms with Gasteiger partial charge in [0, 0.05) is 5.56 Å². The summed E-state index contributed by atoms with van der Waals surface area (Å²) in [6.07, 6.45) is 1.51. The van der Waals surface area contributed by atoms with E-state index in [1.165, 1.54) is 6.20 Å². The van der Waals surface area contributed by atoms with Crippen molar-refractivity contribution in [3.05, 3.63) is 52.8 Å². The predicted octanol–water partition coefficient (Wildman–Crippen LogP) is 2.65. The first-order valence-corrected chi connectivity index (χ1v) is 6.54. The van der Waals surface area contributed by atoms with Crippen LogP contribution in [-0.2, 0) is 11.3 Å². The maximum absolute atomic E-state index is 12.1. The van der Waals surface area contributed by atoms with Crippen LogP contribution in [0.1, 0.15) is 27.2 Å². The summed E-state index contributed by atoms with van der Waals surface area (Å²) in [7, 11) is 1.59. The number of pyridine rings is 1. The molecule has 5 heteroatoms. The number of anilines is 1. The minimum Gasteiger partial charge on any atom is -0.496 e. The van der Waals surface area contributed by atoms with E-state index in [0.29, 0.717) is 22.7 Å². The van der Waals surface area contributed by atoms with Gasteiger partial charge in [-0.05, 0) is 32.0 Å². The third-order valence-corrected chi connectivity index (χ3v) is 3.12. The van der Waals surface area contributed by atoms with E-state index in [-0.39, 0.29) is 6.61 Å². The topological polar surface area (TPSA) is 74.4 Å². The number of methoxy groups -OCH3 is 1. The van der Waals surface area contributed by atoms with Crippen LogP contribution in [0.5, 0.6) is 5.75 Å². The summed E-state index contributed by atoms with van der Waals surface area (Å²) >= 11 is 0. The first kappa shape index (κ1) is 14.8. The second-order valence-electron chi connectivity index (χ2n) is 4.79. The fraction of sp³-hybridized carbons (Fsp3) is 0.250. The molecule has 0 aliphatic heterocycles. The molecule has 0 spiro atoms. The minimum atomic E-state index is -0.448. The summed E-state index contributed by atoms with van der Waals surface area (Å²) in [5.41, 5.74) is 8.94. The summed E-state index contributed by atoms with van der Waals surface area (Å²) in [4.78, 5) is 16.2. The molecule has 1 heterocycles. The highest BCUT2D eigenvalue weighted by Gasteiger charge is 2.13. The molecule has 2 N–H and O–H groups in total. The Bertz CT molecular complexity index is 669. The van der Waals surface area contributed by atoms with E-state index in [0.717, 1.165) is 11.1 Å². The number of nitrogens with two attached hydrogens (primary N) is 1. The quantitative estimate of drug-likeness (QED) is 0.875. The molecule has 110 valence electrons. The van der Waals surface area contributed by atoms with E-state index < -0.39 is 5.97 Å². The fourth-order valence-corrected chi connectivity index (χ4v) is 2.00. The molecule has 0 radical (unpaired) electrons. The smallest absolute Gasteiger partial charge is 0.340 e. The van der Waals surface area contributed by atoms with Gasteiger partial charge in [0.2, 0.25) is 0 Å². The minimum absolute atomic E-state index is 0.137. The van der Waals surface area contributed by atoms with Gasteiger partial charge < -0.3 is 15.2 Å². The number of nitrogen functional groups attached to an aromatic ring is 1. The average molecular weight is 286 g/mol. The van der Waals surface area contributed by atoms with Crippen molar-refractivity contribution in [3.63, 3.8) is 0 Å². The molecular weight excluding hydrogens is 268 g/mol. The average Bonchev–Trinajstić information content (AvgIpc) is 2.47. The number of carbonyl (C=O) groups excluding carboxylic acids is 1. The molecule has 0 amide bonds. The Morgan fingerprint density at radius 3 is 2.76 bits per heavy atom. The molecule has 21 heavy (non-hydrogen) atoms. The Morgan fingerprint density at radius 1 is 1.29 bits per heavy atom. The molecule has 2 aromatic rings. The van der Waals surface area contributed by atoms with E-state index in [2.05, 4.69) is 4.98 Å². The Balaban J connectivity index is 2.14. The van der Waals surface area contributed by atoms with Crippen LogP contribution < -0.4 is 10.5 Å². The number of ether oxygens (including phenoxy) is 2. The van der Waals surface area contributed by atoms with E-state index in [9.17, 15) is 4.79 Å². The summed E-state index contributed by atoms with van der Waals surface area (Å²) in [6.45, 7) is 3.85. The first-order valence-electron chi connectivity index (χ1n) is 6.54. The highest BCUT2D eigenvalue weighted by molar-refractivity contribution is 5.91. The number of hydrogen-bond donors (Lipinski definition) is 1. The number of hydrogen-bond acceptors (Lipinski definition) is 5. The second-order valence-corrected chi connectivity index (χ2v) is 4.79. The number of benzene rings is 1. The lowest BCUT2D eigenvalue weighted by Gasteiger charge is -2.11. The van der Waals surface area contributed by atoms with Crippen molar-refractivity contribution >= 4 is 11.7 Å². The Kier molecular flexibility index (Phi) is 4.42. The van der Waals surface area contributed by atoms with E-state index >= 15 is 0 Å². The summed E-state index contributed by atoms with van der Waals surface area (Å²) in [5.74, 6) is 0.242. The zero-order valence-electron chi connectivity index (χ0n) is 12.3. The van der Waals surface area contributed by atoms with Crippen LogP contribution >= 0.6 is 0 Å². The molecule has 0 aliphatic rings. The van der Waals surface area contributed by atoms with Crippen molar-refractivity contribution in [1.82, 2.24) is 4.98 Å². The van der Waals surface area contributed by atoms with Crippen molar-refractivity contribution < 1.29 is 14.3 Å². The number of nitrogens with zero attached hydrogens (tertiary/aromatic N) is 1. The molecule has 0 fully saturated rings. The maximum Gasteiger partial charge on any atom is 0.340 e. The molecule has 2 rings (SSSR count). The number of aryl methyl sites for hydroxylation is 2. The number of aromatic nitrogens is 1. The van der Waals surface area contributed by atoms with Gasteiger partial charge in [-0.1, -0.05) is 11.6 Å². The molecule has 0 saturated heterocycles. The summed E-state index contributed by atoms with van der Waals surface area (Å²) in [5, 5.41) is 0. The zero-order valence-corrected chi connectivity index (χ0v) is 12.3. The van der Waals surface area contributed by atoms with Gasteiger partial charge >= 0.3 is 5.97 Å². The number of esters is 1. The zero-order chi connectivity index (χ0) is 15.4. The molecule has 0 atom stereocenters. The maximum atomic E-state index is 12.1. The number of rotatable bonds is 4. The van der Waals surface area contributed by atoms with Gasteiger partial charge in [-0.3, -0.25) is 4.98 Å². The van der Waals surface area contributed by atoms with E-state index in [1.807, 2.05) is 25.1 Å². The van der Waals surface area contributed by atoms with Crippen molar-refractivity contribution in [2.45, 2.75) is 20.5 Å². The van der Waals surface area contributed by atoms with Crippen LogP contribution in [-0.4, -0.2) is 18.1 Å². The largest absolute Gasteiger partial charge is 0.496 e. The van der Waals surface area contributed by atoms with Crippen molar-refractivity contribution in [2.75, 3.05) is 12.8 Å².